The van der Waals surface area contributed by atoms with E-state index in [0.29, 0.717) is 12.4 Å². The van der Waals surface area contributed by atoms with Crippen LogP contribution in [-0.4, -0.2) is 13.4 Å². The molecule has 0 radical (unpaired) electrons. The molecule has 0 fully saturated rings. The molecule has 3 heteroatoms. The Labute approximate surface area is 103 Å². The highest BCUT2D eigenvalue weighted by molar-refractivity contribution is 5.22. The second-order valence-corrected chi connectivity index (χ2v) is 3.72. The van der Waals surface area contributed by atoms with Crippen molar-refractivity contribution in [2.24, 2.45) is 0 Å². The van der Waals surface area contributed by atoms with Gasteiger partial charge in [-0.05, 0) is 18.6 Å². The molecule has 0 spiro atoms. The number of rotatable bonds is 7. The molecule has 17 heavy (non-hydrogen) atoms. The lowest BCUT2D eigenvalue weighted by atomic mass is 10.2. The van der Waals surface area contributed by atoms with Crippen molar-refractivity contribution in [3.05, 3.63) is 30.1 Å². The summed E-state index contributed by atoms with van der Waals surface area (Å²) in [6, 6.07) is 6.30. The molecule has 0 atom stereocenters. The van der Waals surface area contributed by atoms with E-state index in [1.54, 1.807) is 12.1 Å². The molecule has 1 aromatic carbocycles. The maximum absolute atomic E-state index is 12.8. The van der Waals surface area contributed by atoms with Gasteiger partial charge in [0.25, 0.3) is 0 Å². The van der Waals surface area contributed by atoms with Crippen LogP contribution in [0.1, 0.15) is 39.0 Å². The van der Waals surface area contributed by atoms with E-state index >= 15 is 0 Å². The molecule has 1 aromatic rings. The van der Waals surface area contributed by atoms with E-state index in [9.17, 15) is 4.39 Å². The van der Waals surface area contributed by atoms with Crippen molar-refractivity contribution in [1.82, 2.24) is 0 Å². The van der Waals surface area contributed by atoms with Gasteiger partial charge in [-0.3, -0.25) is 0 Å². The summed E-state index contributed by atoms with van der Waals surface area (Å²) < 4.78 is 18.2. The summed E-state index contributed by atoms with van der Waals surface area (Å²) in [7, 11) is 0. The Hall–Kier alpha value is -1.38. The van der Waals surface area contributed by atoms with E-state index in [-0.39, 0.29) is 5.82 Å². The minimum absolute atomic E-state index is 0.238. The Bertz CT molecular complexity index is 289. The average Bonchev–Trinajstić information content (AvgIpc) is 2.36. The predicted molar refractivity (Wildman–Crippen MR) is 67.8 cm³/mol. The van der Waals surface area contributed by atoms with Crippen LogP contribution in [0.2, 0.25) is 0 Å². The number of hydrogen-bond acceptors (Lipinski definition) is 2. The third-order valence-electron chi connectivity index (χ3n) is 2.31. The number of halogens is 1. The van der Waals surface area contributed by atoms with Crippen molar-refractivity contribution in [3.63, 3.8) is 0 Å². The van der Waals surface area contributed by atoms with Crippen LogP contribution in [0.5, 0.6) is 5.75 Å². The summed E-state index contributed by atoms with van der Waals surface area (Å²) in [5, 5.41) is 0. The molecule has 0 saturated heterocycles. The monoisotopic (exact) mass is 240 g/mol. The summed E-state index contributed by atoms with van der Waals surface area (Å²) in [5.74, 6) is 0.393. The molecule has 0 unspecified atom stereocenters. The zero-order valence-electron chi connectivity index (χ0n) is 10.5. The number of carbonyl (C=O) groups excluding carboxylic acids is 1. The second kappa shape index (κ2) is 11.1. The summed E-state index contributed by atoms with van der Waals surface area (Å²) in [5.41, 5.74) is 0. The first-order valence-electron chi connectivity index (χ1n) is 6.00. The number of carbonyl (C=O) groups is 1. The lowest BCUT2D eigenvalue weighted by molar-refractivity contribution is -0.0979. The summed E-state index contributed by atoms with van der Waals surface area (Å²) >= 11 is 0. The highest BCUT2D eigenvalue weighted by Crippen LogP contribution is 2.12. The minimum Gasteiger partial charge on any atom is -0.493 e. The smallest absolute Gasteiger partial charge is 0.126 e. The van der Waals surface area contributed by atoms with E-state index in [4.69, 9.17) is 9.53 Å². The Morgan fingerprint density at radius 1 is 1.18 bits per heavy atom. The van der Waals surface area contributed by atoms with Gasteiger partial charge < -0.3 is 9.53 Å². The summed E-state index contributed by atoms with van der Waals surface area (Å²) in [6.45, 7) is 4.89. The van der Waals surface area contributed by atoms with Crippen molar-refractivity contribution >= 4 is 6.79 Å². The first kappa shape index (κ1) is 15.6. The Kier molecular flexibility index (Phi) is 10.2. The lowest BCUT2D eigenvalue weighted by Crippen LogP contribution is -1.97. The molecule has 0 aliphatic carbocycles. The van der Waals surface area contributed by atoms with Crippen molar-refractivity contribution in [2.45, 2.75) is 39.0 Å². The van der Waals surface area contributed by atoms with E-state index in [1.807, 2.05) is 6.79 Å². The minimum atomic E-state index is -0.238. The van der Waals surface area contributed by atoms with Gasteiger partial charge in [0.05, 0.1) is 6.61 Å². The van der Waals surface area contributed by atoms with Gasteiger partial charge in [0, 0.05) is 6.07 Å². The first-order chi connectivity index (χ1) is 8.33. The molecule has 2 nitrogen and oxygen atoms in total. The van der Waals surface area contributed by atoms with Gasteiger partial charge in [0.2, 0.25) is 0 Å². The molecule has 0 saturated carbocycles. The number of benzene rings is 1. The number of hydrogen-bond donors (Lipinski definition) is 0. The van der Waals surface area contributed by atoms with Crippen LogP contribution in [0.15, 0.2) is 24.3 Å². The SMILES string of the molecule is C=O.CCCCCCCOc1cccc(F)c1. The molecule has 0 amide bonds. The van der Waals surface area contributed by atoms with E-state index in [2.05, 4.69) is 6.92 Å². The largest absolute Gasteiger partial charge is 0.493 e. The summed E-state index contributed by atoms with van der Waals surface area (Å²) in [6.07, 6.45) is 6.06. The zero-order valence-corrected chi connectivity index (χ0v) is 10.5. The Morgan fingerprint density at radius 2 is 1.88 bits per heavy atom. The van der Waals surface area contributed by atoms with E-state index < -0.39 is 0 Å². The van der Waals surface area contributed by atoms with Crippen molar-refractivity contribution in [1.29, 1.82) is 0 Å². The Balaban J connectivity index is 0.00000121. The molecule has 0 aromatic heterocycles. The second-order valence-electron chi connectivity index (χ2n) is 3.72. The molecule has 0 aliphatic rings. The van der Waals surface area contributed by atoms with Crippen LogP contribution in [0.4, 0.5) is 4.39 Å². The third kappa shape index (κ3) is 8.43. The van der Waals surface area contributed by atoms with Crippen LogP contribution in [0, 0.1) is 5.82 Å². The van der Waals surface area contributed by atoms with Gasteiger partial charge in [-0.2, -0.15) is 0 Å². The molecule has 96 valence electrons. The topological polar surface area (TPSA) is 26.3 Å². The highest BCUT2D eigenvalue weighted by atomic mass is 19.1. The van der Waals surface area contributed by atoms with Crippen LogP contribution in [0.3, 0.4) is 0 Å². The van der Waals surface area contributed by atoms with Gasteiger partial charge >= 0.3 is 0 Å². The normalized spacial score (nSPS) is 9.29. The molecule has 0 heterocycles. The van der Waals surface area contributed by atoms with E-state index in [1.165, 1.54) is 37.8 Å². The van der Waals surface area contributed by atoms with Crippen molar-refractivity contribution in [3.8, 4) is 5.75 Å². The van der Waals surface area contributed by atoms with E-state index in [0.717, 1.165) is 6.42 Å². The third-order valence-corrected chi connectivity index (χ3v) is 2.31. The van der Waals surface area contributed by atoms with Crippen LogP contribution < -0.4 is 4.74 Å². The van der Waals surface area contributed by atoms with Gasteiger partial charge in [-0.1, -0.05) is 38.7 Å². The van der Waals surface area contributed by atoms with Crippen molar-refractivity contribution in [2.75, 3.05) is 6.61 Å². The first-order valence-corrected chi connectivity index (χ1v) is 6.00. The fourth-order valence-electron chi connectivity index (χ4n) is 1.45. The number of ether oxygens (including phenoxy) is 1. The van der Waals surface area contributed by atoms with Gasteiger partial charge in [0.15, 0.2) is 0 Å². The fourth-order valence-corrected chi connectivity index (χ4v) is 1.45. The predicted octanol–water partition coefficient (Wildman–Crippen LogP) is 3.99. The molecule has 0 aliphatic heterocycles. The standard InChI is InChI=1S/C13H19FO.CH2O/c1-2-3-4-5-6-10-15-13-9-7-8-12(14)11-13;1-2/h7-9,11H,2-6,10H2,1H3;1H2. The fraction of sp³-hybridized carbons (Fsp3) is 0.500. The van der Waals surface area contributed by atoms with Gasteiger partial charge in [0.1, 0.15) is 18.4 Å². The maximum atomic E-state index is 12.8. The maximum Gasteiger partial charge on any atom is 0.126 e. The Morgan fingerprint density at radius 3 is 2.53 bits per heavy atom. The molecular weight excluding hydrogens is 219 g/mol. The highest BCUT2D eigenvalue weighted by Gasteiger charge is 1.95. The average molecular weight is 240 g/mol. The molecule has 0 bridgehead atoms. The van der Waals surface area contributed by atoms with Gasteiger partial charge in [-0.15, -0.1) is 0 Å². The molecule has 0 N–H and O–H groups in total. The molecular formula is C14H21FO2. The van der Waals surface area contributed by atoms with Crippen LogP contribution in [0.25, 0.3) is 0 Å². The summed E-state index contributed by atoms with van der Waals surface area (Å²) in [4.78, 5) is 8.00. The van der Waals surface area contributed by atoms with Crippen molar-refractivity contribution < 1.29 is 13.9 Å². The van der Waals surface area contributed by atoms with Crippen LogP contribution >= 0.6 is 0 Å². The lowest BCUT2D eigenvalue weighted by Gasteiger charge is -2.05. The molecule has 1 rings (SSSR count). The number of unbranched alkanes of at least 4 members (excludes halogenated alkanes) is 4. The van der Waals surface area contributed by atoms with Crippen LogP contribution in [-0.2, 0) is 4.79 Å². The zero-order chi connectivity index (χ0) is 12.9. The van der Waals surface area contributed by atoms with Gasteiger partial charge in [-0.25, -0.2) is 4.39 Å². The quantitative estimate of drug-likeness (QED) is 0.673.